The van der Waals surface area contributed by atoms with Gasteiger partial charge in [0, 0.05) is 0 Å². The van der Waals surface area contributed by atoms with Gasteiger partial charge >= 0.3 is 0 Å². The van der Waals surface area contributed by atoms with Crippen molar-refractivity contribution in [1.29, 1.82) is 5.26 Å². The Bertz CT molecular complexity index is 311. The molecule has 2 N–H and O–H groups in total. The minimum atomic E-state index is -0.766. The molecule has 6 nitrogen and oxygen atoms in total. The molecule has 0 radical (unpaired) electrons. The molecule has 6 heteroatoms. The maximum atomic E-state index is 10.4. The van der Waals surface area contributed by atoms with Crippen LogP contribution in [0.3, 0.4) is 0 Å². The number of rotatable bonds is 2. The largest absolute Gasteiger partial charge is 0.363 e. The zero-order chi connectivity index (χ0) is 8.27. The molecule has 0 fully saturated rings. The van der Waals surface area contributed by atoms with Crippen LogP contribution in [0.15, 0.2) is 4.52 Å². The fourth-order valence-electron chi connectivity index (χ4n) is 0.494. The van der Waals surface area contributed by atoms with Gasteiger partial charge in [0.2, 0.25) is 5.89 Å². The van der Waals surface area contributed by atoms with E-state index in [2.05, 4.69) is 14.7 Å². The van der Waals surface area contributed by atoms with Gasteiger partial charge in [0.25, 0.3) is 11.7 Å². The number of primary amides is 1. The van der Waals surface area contributed by atoms with Crippen molar-refractivity contribution in [2.75, 3.05) is 0 Å². The molecule has 11 heavy (non-hydrogen) atoms. The number of amides is 1. The molecule has 0 bridgehead atoms. The van der Waals surface area contributed by atoms with E-state index in [1.54, 1.807) is 6.07 Å². The molecule has 0 aliphatic rings. The van der Waals surface area contributed by atoms with Crippen LogP contribution >= 0.6 is 0 Å². The van der Waals surface area contributed by atoms with Crippen molar-refractivity contribution in [1.82, 2.24) is 10.1 Å². The molecule has 1 aromatic heterocycles. The summed E-state index contributed by atoms with van der Waals surface area (Å²) in [5, 5.41) is 11.4. The third kappa shape index (κ3) is 1.52. The van der Waals surface area contributed by atoms with E-state index in [0.29, 0.717) is 0 Å². The lowest BCUT2D eigenvalue weighted by Crippen LogP contribution is -2.12. The summed E-state index contributed by atoms with van der Waals surface area (Å²) in [6.07, 6.45) is -0.0136. The quantitative estimate of drug-likeness (QED) is 0.599. The van der Waals surface area contributed by atoms with E-state index in [-0.39, 0.29) is 18.1 Å². The predicted octanol–water partition coefficient (Wildman–Crippen LogP) is -0.765. The highest BCUT2D eigenvalue weighted by Crippen LogP contribution is 1.95. The molecule has 0 saturated carbocycles. The van der Waals surface area contributed by atoms with E-state index in [1.807, 2.05) is 0 Å². The van der Waals surface area contributed by atoms with Crippen LogP contribution in [0.5, 0.6) is 0 Å². The van der Waals surface area contributed by atoms with Crippen molar-refractivity contribution in [2.24, 2.45) is 5.73 Å². The third-order valence-corrected chi connectivity index (χ3v) is 0.919. The number of hydrogen-bond donors (Lipinski definition) is 1. The Morgan fingerprint density at radius 2 is 2.55 bits per heavy atom. The van der Waals surface area contributed by atoms with Gasteiger partial charge in [-0.2, -0.15) is 10.2 Å². The summed E-state index contributed by atoms with van der Waals surface area (Å²) in [4.78, 5) is 13.9. The van der Waals surface area contributed by atoms with Crippen LogP contribution < -0.4 is 5.73 Å². The summed E-state index contributed by atoms with van der Waals surface area (Å²) >= 11 is 0. The van der Waals surface area contributed by atoms with Crippen molar-refractivity contribution in [2.45, 2.75) is 6.42 Å². The summed E-state index contributed by atoms with van der Waals surface area (Å²) in [5.74, 6) is -0.866. The Labute approximate surface area is 61.6 Å². The van der Waals surface area contributed by atoms with Crippen molar-refractivity contribution >= 4 is 5.91 Å². The van der Waals surface area contributed by atoms with Gasteiger partial charge in [0.1, 0.15) is 6.42 Å². The lowest BCUT2D eigenvalue weighted by molar-refractivity contribution is 0.0987. The molecule has 0 saturated heterocycles. The van der Waals surface area contributed by atoms with E-state index < -0.39 is 5.91 Å². The molecule has 0 aromatic carbocycles. The predicted molar refractivity (Wildman–Crippen MR) is 32.1 cm³/mol. The summed E-state index contributed by atoms with van der Waals surface area (Å²) in [7, 11) is 0. The number of carbonyl (C=O) groups excluding carboxylic acids is 1. The van der Waals surface area contributed by atoms with Crippen LogP contribution in [-0.4, -0.2) is 16.0 Å². The second-order valence-electron chi connectivity index (χ2n) is 1.71. The van der Waals surface area contributed by atoms with E-state index >= 15 is 0 Å². The minimum absolute atomic E-state index is 0.0136. The number of nitriles is 1. The highest BCUT2D eigenvalue weighted by atomic mass is 16.5. The number of carbonyl (C=O) groups is 1. The lowest BCUT2D eigenvalue weighted by atomic mass is 10.5. The van der Waals surface area contributed by atoms with Crippen LogP contribution in [-0.2, 0) is 6.42 Å². The Morgan fingerprint density at radius 3 is 3.00 bits per heavy atom. The molecule has 1 aromatic rings. The van der Waals surface area contributed by atoms with E-state index in [9.17, 15) is 4.79 Å². The number of aromatic nitrogens is 2. The Hall–Kier alpha value is -1.90. The van der Waals surface area contributed by atoms with Crippen molar-refractivity contribution in [3.05, 3.63) is 11.7 Å². The maximum Gasteiger partial charge on any atom is 0.290 e. The first-order valence-corrected chi connectivity index (χ1v) is 2.73. The maximum absolute atomic E-state index is 10.4. The monoisotopic (exact) mass is 152 g/mol. The normalized spacial score (nSPS) is 9.00. The molecular formula is C5H4N4O2. The Balaban J connectivity index is 2.83. The highest BCUT2D eigenvalue weighted by molar-refractivity contribution is 5.88. The van der Waals surface area contributed by atoms with Crippen molar-refractivity contribution < 1.29 is 9.32 Å². The van der Waals surface area contributed by atoms with Crippen molar-refractivity contribution in [3.8, 4) is 6.07 Å². The molecule has 1 rings (SSSR count). The van der Waals surface area contributed by atoms with Gasteiger partial charge in [-0.1, -0.05) is 5.16 Å². The average molecular weight is 152 g/mol. The second-order valence-corrected chi connectivity index (χ2v) is 1.71. The number of nitrogens with zero attached hydrogens (tertiary/aromatic N) is 3. The van der Waals surface area contributed by atoms with Gasteiger partial charge in [0.05, 0.1) is 6.07 Å². The fourth-order valence-corrected chi connectivity index (χ4v) is 0.494. The topological polar surface area (TPSA) is 106 Å². The molecule has 1 amide bonds. The summed E-state index contributed by atoms with van der Waals surface area (Å²) in [5.41, 5.74) is 4.82. The van der Waals surface area contributed by atoms with Crippen molar-refractivity contribution in [3.63, 3.8) is 0 Å². The van der Waals surface area contributed by atoms with Crippen LogP contribution in [0.2, 0.25) is 0 Å². The van der Waals surface area contributed by atoms with E-state index in [0.717, 1.165) is 0 Å². The first-order chi connectivity index (χ1) is 5.24. The third-order valence-electron chi connectivity index (χ3n) is 0.919. The molecule has 0 spiro atoms. The zero-order valence-electron chi connectivity index (χ0n) is 5.44. The van der Waals surface area contributed by atoms with Gasteiger partial charge in [-0.25, -0.2) is 0 Å². The van der Waals surface area contributed by atoms with Gasteiger partial charge < -0.3 is 10.3 Å². The van der Waals surface area contributed by atoms with Gasteiger partial charge in [-0.3, -0.25) is 4.79 Å². The van der Waals surface area contributed by atoms with Crippen LogP contribution in [0.25, 0.3) is 0 Å². The van der Waals surface area contributed by atoms with Gasteiger partial charge in [-0.05, 0) is 0 Å². The molecule has 1 heterocycles. The number of nitrogens with two attached hydrogens (primary N) is 1. The van der Waals surface area contributed by atoms with E-state index in [1.165, 1.54) is 0 Å². The standard InChI is InChI=1S/C5H4N4O2/c6-2-1-3-8-5(4(7)10)9-11-3/h1H2,(H2,7,10). The molecular weight excluding hydrogens is 148 g/mol. The molecule has 56 valence electrons. The van der Waals surface area contributed by atoms with Gasteiger partial charge in [0.15, 0.2) is 0 Å². The smallest absolute Gasteiger partial charge is 0.290 e. The van der Waals surface area contributed by atoms with E-state index in [4.69, 9.17) is 11.0 Å². The number of hydrogen-bond acceptors (Lipinski definition) is 5. The van der Waals surface area contributed by atoms with Crippen LogP contribution in [0.1, 0.15) is 16.5 Å². The van der Waals surface area contributed by atoms with Crippen LogP contribution in [0.4, 0.5) is 0 Å². The molecule has 0 aliphatic carbocycles. The molecule has 0 unspecified atom stereocenters. The lowest BCUT2D eigenvalue weighted by Gasteiger charge is -1.77. The summed E-state index contributed by atoms with van der Waals surface area (Å²) in [6.45, 7) is 0. The zero-order valence-corrected chi connectivity index (χ0v) is 5.44. The SMILES string of the molecule is N#CCc1nc(C(N)=O)no1. The van der Waals surface area contributed by atoms with Crippen LogP contribution in [0, 0.1) is 11.3 Å². The first-order valence-electron chi connectivity index (χ1n) is 2.73. The average Bonchev–Trinajstić information content (AvgIpc) is 2.37. The fraction of sp³-hybridized carbons (Fsp3) is 0.200. The highest BCUT2D eigenvalue weighted by Gasteiger charge is 2.09. The summed E-state index contributed by atoms with van der Waals surface area (Å²) in [6, 6.07) is 1.79. The Morgan fingerprint density at radius 1 is 1.82 bits per heavy atom. The Kier molecular flexibility index (Phi) is 1.83. The minimum Gasteiger partial charge on any atom is -0.363 e. The molecule has 0 atom stereocenters. The summed E-state index contributed by atoms with van der Waals surface area (Å²) < 4.78 is 4.48. The molecule has 0 aliphatic heterocycles. The first kappa shape index (κ1) is 7.21. The second kappa shape index (κ2) is 2.79. The van der Waals surface area contributed by atoms with Gasteiger partial charge in [-0.15, -0.1) is 0 Å².